The molecular weight excluding hydrogens is 472 g/mol. The highest BCUT2D eigenvalue weighted by Crippen LogP contribution is 2.41. The molecule has 0 aromatic heterocycles. The summed E-state index contributed by atoms with van der Waals surface area (Å²) < 4.78 is 80.2. The van der Waals surface area contributed by atoms with E-state index >= 15 is 4.39 Å². The van der Waals surface area contributed by atoms with E-state index < -0.39 is 56.4 Å². The smallest absolute Gasteiger partial charge is 0.352 e. The number of rotatable bonds is 5. The Kier molecular flexibility index (Phi) is 6.74. The molecule has 2 aromatic rings. The highest BCUT2D eigenvalue weighted by atomic mass is 32.2. The maximum Gasteiger partial charge on any atom is 0.416 e. The van der Waals surface area contributed by atoms with Gasteiger partial charge in [-0.1, -0.05) is 36.4 Å². The van der Waals surface area contributed by atoms with Gasteiger partial charge in [0.1, 0.15) is 0 Å². The molecule has 10 heteroatoms. The van der Waals surface area contributed by atoms with Crippen molar-refractivity contribution >= 4 is 15.7 Å². The molecule has 0 spiro atoms. The molecule has 1 saturated carbocycles. The molecule has 0 bridgehead atoms. The van der Waals surface area contributed by atoms with E-state index in [2.05, 4.69) is 10.6 Å². The maximum atomic E-state index is 15.5. The molecule has 5 nitrogen and oxygen atoms in total. The first-order chi connectivity index (χ1) is 16.0. The Hall–Kier alpha value is -2.46. The number of amides is 1. The molecule has 1 aliphatic carbocycles. The Morgan fingerprint density at radius 1 is 0.971 bits per heavy atom. The molecule has 1 aliphatic heterocycles. The highest BCUT2D eigenvalue weighted by Gasteiger charge is 2.48. The van der Waals surface area contributed by atoms with Gasteiger partial charge in [0.15, 0.2) is 0 Å². The molecule has 1 saturated heterocycles. The van der Waals surface area contributed by atoms with Crippen LogP contribution in [0, 0.1) is 0 Å². The predicted octanol–water partition coefficient (Wildman–Crippen LogP) is 4.70. The minimum atomic E-state index is -4.73. The van der Waals surface area contributed by atoms with Gasteiger partial charge in [-0.25, -0.2) is 12.8 Å². The molecule has 2 fully saturated rings. The van der Waals surface area contributed by atoms with E-state index in [9.17, 15) is 26.4 Å². The van der Waals surface area contributed by atoms with Crippen molar-refractivity contribution < 1.29 is 30.8 Å². The third-order valence-electron chi connectivity index (χ3n) is 6.70. The molecule has 184 valence electrons. The van der Waals surface area contributed by atoms with Crippen LogP contribution in [0.25, 0.3) is 0 Å². The Morgan fingerprint density at radius 3 is 2.29 bits per heavy atom. The number of sulfone groups is 1. The van der Waals surface area contributed by atoms with Crippen molar-refractivity contribution in [1.29, 1.82) is 0 Å². The number of hydrogen-bond donors (Lipinski definition) is 2. The predicted molar refractivity (Wildman–Crippen MR) is 118 cm³/mol. The SMILES string of the molecule is O=C(NC1CCC(F)(S(=O)(=O)c2cccc(C(F)(F)F)c2)CC1)C1CCC(c2ccccc2)N1. The Bertz CT molecular complexity index is 1130. The Balaban J connectivity index is 1.36. The molecule has 2 unspecified atom stereocenters. The summed E-state index contributed by atoms with van der Waals surface area (Å²) in [5.74, 6) is -0.212. The lowest BCUT2D eigenvalue weighted by Crippen LogP contribution is -2.49. The molecule has 2 N–H and O–H groups in total. The summed E-state index contributed by atoms with van der Waals surface area (Å²) in [5, 5.41) is 3.50. The first-order valence-corrected chi connectivity index (χ1v) is 12.7. The van der Waals surface area contributed by atoms with E-state index in [1.807, 2.05) is 30.3 Å². The van der Waals surface area contributed by atoms with Crippen LogP contribution in [-0.2, 0) is 20.8 Å². The molecule has 1 heterocycles. The number of hydrogen-bond acceptors (Lipinski definition) is 4. The van der Waals surface area contributed by atoms with Gasteiger partial charge in [0.25, 0.3) is 0 Å². The second kappa shape index (κ2) is 9.30. The molecular formula is C24H26F4N2O3S. The first-order valence-electron chi connectivity index (χ1n) is 11.2. The fourth-order valence-electron chi connectivity index (χ4n) is 4.71. The zero-order valence-electron chi connectivity index (χ0n) is 18.3. The van der Waals surface area contributed by atoms with Crippen molar-refractivity contribution in [2.75, 3.05) is 0 Å². The third-order valence-corrected chi connectivity index (χ3v) is 8.94. The molecule has 1 amide bonds. The van der Waals surface area contributed by atoms with E-state index in [4.69, 9.17) is 0 Å². The van der Waals surface area contributed by atoms with Crippen LogP contribution in [-0.4, -0.2) is 31.4 Å². The van der Waals surface area contributed by atoms with E-state index in [1.165, 1.54) is 0 Å². The summed E-state index contributed by atoms with van der Waals surface area (Å²) in [7, 11) is -4.64. The lowest BCUT2D eigenvalue weighted by atomic mass is 9.93. The molecule has 2 aromatic carbocycles. The number of carbonyl (C=O) groups excluding carboxylic acids is 1. The number of benzene rings is 2. The highest BCUT2D eigenvalue weighted by molar-refractivity contribution is 7.92. The maximum absolute atomic E-state index is 15.5. The molecule has 4 rings (SSSR count). The zero-order valence-corrected chi connectivity index (χ0v) is 19.1. The van der Waals surface area contributed by atoms with Crippen molar-refractivity contribution in [2.45, 2.75) is 72.7 Å². The molecule has 0 radical (unpaired) electrons. The van der Waals surface area contributed by atoms with Crippen molar-refractivity contribution in [2.24, 2.45) is 0 Å². The van der Waals surface area contributed by atoms with Crippen LogP contribution in [0.5, 0.6) is 0 Å². The molecule has 2 aliphatic rings. The average molecular weight is 499 g/mol. The number of halogens is 4. The largest absolute Gasteiger partial charge is 0.416 e. The Morgan fingerprint density at radius 2 is 1.65 bits per heavy atom. The minimum absolute atomic E-state index is 0.0689. The summed E-state index contributed by atoms with van der Waals surface area (Å²) in [6.45, 7) is 0. The van der Waals surface area contributed by atoms with Crippen LogP contribution < -0.4 is 10.6 Å². The second-order valence-electron chi connectivity index (χ2n) is 8.95. The lowest BCUT2D eigenvalue weighted by Gasteiger charge is -2.34. The topological polar surface area (TPSA) is 75.3 Å². The number of alkyl halides is 4. The van der Waals surface area contributed by atoms with Crippen LogP contribution in [0.1, 0.15) is 55.7 Å². The van der Waals surface area contributed by atoms with E-state index in [1.54, 1.807) is 0 Å². The van der Waals surface area contributed by atoms with Crippen molar-refractivity contribution in [3.63, 3.8) is 0 Å². The minimum Gasteiger partial charge on any atom is -0.352 e. The van der Waals surface area contributed by atoms with Crippen LogP contribution in [0.2, 0.25) is 0 Å². The number of nitrogens with one attached hydrogen (secondary N) is 2. The van der Waals surface area contributed by atoms with Gasteiger partial charge >= 0.3 is 6.18 Å². The summed E-state index contributed by atoms with van der Waals surface area (Å²) in [5.41, 5.74) is -0.0477. The van der Waals surface area contributed by atoms with E-state index in [0.717, 1.165) is 30.2 Å². The summed E-state index contributed by atoms with van der Waals surface area (Å²) in [6.07, 6.45) is -3.93. The van der Waals surface area contributed by atoms with E-state index in [-0.39, 0.29) is 24.8 Å². The van der Waals surface area contributed by atoms with Crippen LogP contribution in [0.15, 0.2) is 59.5 Å². The van der Waals surface area contributed by atoms with Crippen LogP contribution >= 0.6 is 0 Å². The summed E-state index contributed by atoms with van der Waals surface area (Å²) in [6, 6.07) is 12.2. The standard InChI is InChI=1S/C24H26F4N2O3S/c25-23(34(32,33)19-8-4-7-17(15-19)24(26,27)28)13-11-18(12-14-23)29-22(31)21-10-9-20(30-21)16-5-2-1-3-6-16/h1-8,15,18,20-21,30H,9-14H2,(H,29,31). The van der Waals surface area contributed by atoms with Gasteiger partial charge in [0, 0.05) is 12.1 Å². The fraction of sp³-hybridized carbons (Fsp3) is 0.458. The zero-order chi connectivity index (χ0) is 24.6. The second-order valence-corrected chi connectivity index (χ2v) is 11.2. The first kappa shape index (κ1) is 24.7. The monoisotopic (exact) mass is 498 g/mol. The molecule has 2 atom stereocenters. The van der Waals surface area contributed by atoms with Crippen LogP contribution in [0.3, 0.4) is 0 Å². The average Bonchev–Trinajstić information content (AvgIpc) is 3.31. The van der Waals surface area contributed by atoms with E-state index in [0.29, 0.717) is 12.5 Å². The summed E-state index contributed by atoms with van der Waals surface area (Å²) in [4.78, 5) is 12.0. The third kappa shape index (κ3) is 4.98. The van der Waals surface area contributed by atoms with Gasteiger partial charge in [-0.3, -0.25) is 10.1 Å². The normalized spacial score (nSPS) is 27.9. The van der Waals surface area contributed by atoms with Crippen LogP contribution in [0.4, 0.5) is 17.6 Å². The van der Waals surface area contributed by atoms with Crippen molar-refractivity contribution in [3.8, 4) is 0 Å². The molecule has 34 heavy (non-hydrogen) atoms. The van der Waals surface area contributed by atoms with Gasteiger partial charge in [-0.15, -0.1) is 0 Å². The number of carbonyl (C=O) groups is 1. The van der Waals surface area contributed by atoms with Gasteiger partial charge in [0.2, 0.25) is 20.7 Å². The van der Waals surface area contributed by atoms with Gasteiger partial charge in [0.05, 0.1) is 16.5 Å². The fourth-order valence-corrected chi connectivity index (χ4v) is 6.45. The van der Waals surface area contributed by atoms with Gasteiger partial charge in [-0.05, 0) is 62.3 Å². The van der Waals surface area contributed by atoms with Gasteiger partial charge in [-0.2, -0.15) is 13.2 Å². The van der Waals surface area contributed by atoms with Gasteiger partial charge < -0.3 is 5.32 Å². The quantitative estimate of drug-likeness (QED) is 0.587. The summed E-state index contributed by atoms with van der Waals surface area (Å²) >= 11 is 0. The Labute approximate surface area is 195 Å². The van der Waals surface area contributed by atoms with Crippen molar-refractivity contribution in [3.05, 3.63) is 65.7 Å². The van der Waals surface area contributed by atoms with Crippen molar-refractivity contribution in [1.82, 2.24) is 10.6 Å². The lowest BCUT2D eigenvalue weighted by molar-refractivity contribution is -0.137.